The molecule has 4 heteroatoms. The van der Waals surface area contributed by atoms with Gasteiger partial charge in [-0.2, -0.15) is 5.10 Å². The highest BCUT2D eigenvalue weighted by molar-refractivity contribution is 5.63. The summed E-state index contributed by atoms with van der Waals surface area (Å²) in [6.07, 6.45) is 6.98. The summed E-state index contributed by atoms with van der Waals surface area (Å²) < 4.78 is 5.67. The second kappa shape index (κ2) is 4.71. The number of nitrogens with one attached hydrogen (secondary N) is 1. The quantitative estimate of drug-likeness (QED) is 0.760. The fraction of sp³-hybridized carbons (Fsp3) is 0. The Morgan fingerprint density at radius 1 is 1.17 bits per heavy atom. The van der Waals surface area contributed by atoms with Crippen LogP contribution in [-0.4, -0.2) is 15.2 Å². The Hall–Kier alpha value is -2.62. The molecule has 1 aromatic carbocycles. The lowest BCUT2D eigenvalue weighted by molar-refractivity contribution is 0.479. The maximum absolute atomic E-state index is 5.67. The lowest BCUT2D eigenvalue weighted by Gasteiger charge is -2.05. The van der Waals surface area contributed by atoms with Crippen molar-refractivity contribution in [2.24, 2.45) is 0 Å². The Balaban J connectivity index is 1.88. The van der Waals surface area contributed by atoms with E-state index >= 15 is 0 Å². The molecule has 1 N–H and O–H groups in total. The summed E-state index contributed by atoms with van der Waals surface area (Å²) in [5.74, 6) is 1.35. The molecule has 1 radical (unpaired) electrons. The van der Waals surface area contributed by atoms with Gasteiger partial charge in [-0.05, 0) is 29.8 Å². The van der Waals surface area contributed by atoms with Crippen LogP contribution < -0.4 is 4.74 Å². The molecule has 0 bridgehead atoms. The fourth-order valence-electron chi connectivity index (χ4n) is 1.63. The molecule has 2 aromatic heterocycles. The first kappa shape index (κ1) is 10.5. The zero-order valence-corrected chi connectivity index (χ0v) is 9.50. The molecular weight excluding hydrogens is 226 g/mol. The van der Waals surface area contributed by atoms with Crippen LogP contribution in [0.2, 0.25) is 0 Å². The molecule has 0 unspecified atom stereocenters. The number of pyridine rings is 1. The van der Waals surface area contributed by atoms with Gasteiger partial charge in [0.05, 0.1) is 12.4 Å². The number of rotatable bonds is 3. The highest BCUT2D eigenvalue weighted by Gasteiger charge is 2.02. The summed E-state index contributed by atoms with van der Waals surface area (Å²) in [5, 5.41) is 6.71. The van der Waals surface area contributed by atoms with Gasteiger partial charge >= 0.3 is 0 Å². The Morgan fingerprint density at radius 3 is 2.94 bits per heavy atom. The van der Waals surface area contributed by atoms with E-state index in [1.54, 1.807) is 18.6 Å². The molecule has 0 saturated heterocycles. The normalized spacial score (nSPS) is 10.2. The predicted molar refractivity (Wildman–Crippen MR) is 67.2 cm³/mol. The van der Waals surface area contributed by atoms with E-state index in [0.717, 1.165) is 11.1 Å². The maximum atomic E-state index is 5.67. The first-order valence-corrected chi connectivity index (χ1v) is 5.50. The Bertz CT molecular complexity index is 621. The smallest absolute Gasteiger partial charge is 0.145 e. The van der Waals surface area contributed by atoms with E-state index in [1.165, 1.54) is 0 Å². The molecule has 0 atom stereocenters. The van der Waals surface area contributed by atoms with Crippen molar-refractivity contribution in [1.29, 1.82) is 0 Å². The summed E-state index contributed by atoms with van der Waals surface area (Å²) >= 11 is 0. The largest absolute Gasteiger partial charge is 0.455 e. The van der Waals surface area contributed by atoms with Gasteiger partial charge in [0.1, 0.15) is 11.5 Å². The minimum absolute atomic E-state index is 0.654. The van der Waals surface area contributed by atoms with E-state index in [-0.39, 0.29) is 0 Å². The van der Waals surface area contributed by atoms with Crippen LogP contribution in [0.15, 0.2) is 55.1 Å². The van der Waals surface area contributed by atoms with Gasteiger partial charge in [-0.1, -0.05) is 6.07 Å². The molecule has 0 fully saturated rings. The van der Waals surface area contributed by atoms with Crippen molar-refractivity contribution in [3.05, 3.63) is 61.2 Å². The van der Waals surface area contributed by atoms with Crippen LogP contribution in [-0.2, 0) is 0 Å². The van der Waals surface area contributed by atoms with Gasteiger partial charge < -0.3 is 4.74 Å². The van der Waals surface area contributed by atoms with E-state index in [0.29, 0.717) is 11.5 Å². The average molecular weight is 236 g/mol. The van der Waals surface area contributed by atoms with Gasteiger partial charge in [-0.15, -0.1) is 0 Å². The van der Waals surface area contributed by atoms with E-state index < -0.39 is 0 Å². The zero-order chi connectivity index (χ0) is 12.2. The van der Waals surface area contributed by atoms with Gasteiger partial charge in [0.15, 0.2) is 0 Å². The number of benzene rings is 1. The second-order valence-corrected chi connectivity index (χ2v) is 3.72. The van der Waals surface area contributed by atoms with Crippen molar-refractivity contribution in [2.75, 3.05) is 0 Å². The number of H-pyrrole nitrogens is 1. The molecule has 87 valence electrons. The van der Waals surface area contributed by atoms with Crippen LogP contribution in [0.3, 0.4) is 0 Å². The van der Waals surface area contributed by atoms with Crippen molar-refractivity contribution < 1.29 is 4.74 Å². The summed E-state index contributed by atoms with van der Waals surface area (Å²) in [7, 11) is 0. The van der Waals surface area contributed by atoms with Crippen molar-refractivity contribution in [3.63, 3.8) is 0 Å². The summed E-state index contributed by atoms with van der Waals surface area (Å²) in [6, 6.07) is 12.4. The van der Waals surface area contributed by atoms with E-state index in [4.69, 9.17) is 4.74 Å². The lowest BCUT2D eigenvalue weighted by atomic mass is 10.1. The van der Waals surface area contributed by atoms with Gasteiger partial charge in [0.25, 0.3) is 0 Å². The Labute approximate surface area is 104 Å². The van der Waals surface area contributed by atoms with Crippen molar-refractivity contribution in [2.45, 2.75) is 0 Å². The Morgan fingerprint density at radius 2 is 2.17 bits per heavy atom. The molecule has 0 amide bonds. The third-order valence-electron chi connectivity index (χ3n) is 2.47. The first-order chi connectivity index (χ1) is 8.92. The number of aromatic amines is 1. The van der Waals surface area contributed by atoms with Gasteiger partial charge in [0, 0.05) is 24.0 Å². The van der Waals surface area contributed by atoms with Crippen molar-refractivity contribution >= 4 is 0 Å². The van der Waals surface area contributed by atoms with Crippen LogP contribution >= 0.6 is 0 Å². The average Bonchev–Trinajstić information content (AvgIpc) is 2.94. The topological polar surface area (TPSA) is 50.8 Å². The van der Waals surface area contributed by atoms with Crippen LogP contribution in [0.1, 0.15) is 0 Å². The third kappa shape index (κ3) is 2.22. The van der Waals surface area contributed by atoms with Gasteiger partial charge in [0.2, 0.25) is 0 Å². The van der Waals surface area contributed by atoms with Crippen molar-refractivity contribution in [1.82, 2.24) is 15.2 Å². The van der Waals surface area contributed by atoms with Gasteiger partial charge in [-0.3, -0.25) is 10.1 Å². The number of hydrogen-bond donors (Lipinski definition) is 1. The molecule has 3 aromatic rings. The molecule has 0 aliphatic carbocycles. The lowest BCUT2D eigenvalue weighted by Crippen LogP contribution is -1.85. The van der Waals surface area contributed by atoms with Crippen molar-refractivity contribution in [3.8, 4) is 22.6 Å². The van der Waals surface area contributed by atoms with E-state index in [9.17, 15) is 0 Å². The predicted octanol–water partition coefficient (Wildman–Crippen LogP) is 3.06. The minimum atomic E-state index is 0.654. The van der Waals surface area contributed by atoms with Crippen LogP contribution in [0.25, 0.3) is 11.1 Å². The standard InChI is InChI=1S/C14H10N3O/c1-3-11(12-8-16-17-9-12)7-13(4-1)18-14-5-2-6-15-10-14/h1-3,5-10H,(H,16,17). The molecule has 0 aliphatic rings. The molecular formula is C14H10N3O. The Kier molecular flexibility index (Phi) is 2.75. The third-order valence-corrected chi connectivity index (χ3v) is 2.47. The summed E-state index contributed by atoms with van der Waals surface area (Å²) in [4.78, 5) is 4.00. The monoisotopic (exact) mass is 236 g/mol. The molecule has 18 heavy (non-hydrogen) atoms. The molecule has 0 spiro atoms. The van der Waals surface area contributed by atoms with E-state index in [1.807, 2.05) is 36.5 Å². The fourth-order valence-corrected chi connectivity index (χ4v) is 1.63. The molecule has 0 aliphatic heterocycles. The molecule has 2 heterocycles. The summed E-state index contributed by atoms with van der Waals surface area (Å²) in [6.45, 7) is 0. The van der Waals surface area contributed by atoms with Crippen LogP contribution in [0.4, 0.5) is 0 Å². The highest BCUT2D eigenvalue weighted by Crippen LogP contribution is 2.25. The van der Waals surface area contributed by atoms with Crippen LogP contribution in [0, 0.1) is 6.07 Å². The first-order valence-electron chi connectivity index (χ1n) is 5.50. The number of ether oxygens (including phenoxy) is 1. The molecule has 4 nitrogen and oxygen atoms in total. The number of aromatic nitrogens is 3. The summed E-state index contributed by atoms with van der Waals surface area (Å²) in [5.41, 5.74) is 2.04. The highest BCUT2D eigenvalue weighted by atomic mass is 16.5. The molecule has 0 saturated carbocycles. The number of nitrogens with zero attached hydrogens (tertiary/aromatic N) is 2. The SMILES string of the molecule is [c]1ccc(-c2cn[nH]c2)cc1Oc1cccnc1. The minimum Gasteiger partial charge on any atom is -0.455 e. The second-order valence-electron chi connectivity index (χ2n) is 3.72. The molecule has 3 rings (SSSR count). The maximum Gasteiger partial charge on any atom is 0.145 e. The van der Waals surface area contributed by atoms with E-state index in [2.05, 4.69) is 21.2 Å². The zero-order valence-electron chi connectivity index (χ0n) is 9.50. The van der Waals surface area contributed by atoms with Crippen LogP contribution in [0.5, 0.6) is 11.5 Å². The van der Waals surface area contributed by atoms with Gasteiger partial charge in [-0.25, -0.2) is 0 Å². The number of hydrogen-bond acceptors (Lipinski definition) is 3.